The Labute approximate surface area is 156 Å². The van der Waals surface area contributed by atoms with Gasteiger partial charge in [0.25, 0.3) is 0 Å². The molecule has 2 aliphatic rings. The van der Waals surface area contributed by atoms with Crippen molar-refractivity contribution in [3.05, 3.63) is 30.3 Å². The van der Waals surface area contributed by atoms with Crippen LogP contribution < -0.4 is 4.74 Å². The van der Waals surface area contributed by atoms with Crippen molar-refractivity contribution in [2.45, 2.75) is 44.6 Å². The first-order valence-corrected chi connectivity index (χ1v) is 10.1. The number of nitrogens with zero attached hydrogens (tertiary/aromatic N) is 2. The second-order valence-corrected chi connectivity index (χ2v) is 7.59. The third kappa shape index (κ3) is 5.71. The van der Waals surface area contributed by atoms with Crippen LogP contribution in [0, 0.1) is 5.92 Å². The minimum atomic E-state index is -0.506. The molecule has 3 rings (SSSR count). The normalized spacial score (nSPS) is 21.2. The van der Waals surface area contributed by atoms with E-state index in [1.807, 2.05) is 30.3 Å². The molecule has 0 bridgehead atoms. The first-order valence-electron chi connectivity index (χ1n) is 10.1. The molecule has 1 aromatic rings. The number of aliphatic hydroxyl groups is 1. The Morgan fingerprint density at radius 1 is 1.04 bits per heavy atom. The number of carbonyl (C=O) groups is 1. The summed E-state index contributed by atoms with van der Waals surface area (Å²) in [4.78, 5) is 17.1. The minimum absolute atomic E-state index is 0.169. The number of amides is 1. The maximum absolute atomic E-state index is 12.7. The molecule has 1 N–H and O–H groups in total. The van der Waals surface area contributed by atoms with E-state index in [1.54, 1.807) is 0 Å². The number of rotatable bonds is 6. The second kappa shape index (κ2) is 9.93. The van der Waals surface area contributed by atoms with Gasteiger partial charge in [-0.3, -0.25) is 4.79 Å². The Balaban J connectivity index is 1.37. The molecule has 2 saturated heterocycles. The van der Waals surface area contributed by atoms with Crippen molar-refractivity contribution in [3.63, 3.8) is 0 Å². The molecule has 5 heteroatoms. The van der Waals surface area contributed by atoms with E-state index in [0.29, 0.717) is 19.1 Å². The molecule has 0 spiro atoms. The highest BCUT2D eigenvalue weighted by Crippen LogP contribution is 2.22. The van der Waals surface area contributed by atoms with Gasteiger partial charge in [-0.25, -0.2) is 0 Å². The lowest BCUT2D eigenvalue weighted by molar-refractivity contribution is -0.137. The van der Waals surface area contributed by atoms with Crippen molar-refractivity contribution in [1.29, 1.82) is 0 Å². The summed E-state index contributed by atoms with van der Waals surface area (Å²) >= 11 is 0. The average molecular weight is 360 g/mol. The summed E-state index contributed by atoms with van der Waals surface area (Å²) in [7, 11) is 0. The summed E-state index contributed by atoms with van der Waals surface area (Å²) in [5, 5.41) is 10.2. The van der Waals surface area contributed by atoms with E-state index in [4.69, 9.17) is 4.74 Å². The van der Waals surface area contributed by atoms with E-state index >= 15 is 0 Å². The van der Waals surface area contributed by atoms with Crippen molar-refractivity contribution < 1.29 is 14.6 Å². The van der Waals surface area contributed by atoms with Gasteiger partial charge in [0.15, 0.2) is 0 Å². The van der Waals surface area contributed by atoms with Crippen LogP contribution >= 0.6 is 0 Å². The smallest absolute Gasteiger partial charge is 0.225 e. The number of carbonyl (C=O) groups excluding carboxylic acids is 1. The lowest BCUT2D eigenvalue weighted by atomic mass is 9.95. The highest BCUT2D eigenvalue weighted by Gasteiger charge is 2.29. The molecular weight excluding hydrogens is 328 g/mol. The van der Waals surface area contributed by atoms with Crippen molar-refractivity contribution in [2.24, 2.45) is 5.92 Å². The van der Waals surface area contributed by atoms with Crippen molar-refractivity contribution in [3.8, 4) is 5.75 Å². The molecule has 0 saturated carbocycles. The average Bonchev–Trinajstić information content (AvgIpc) is 2.97. The predicted octanol–water partition coefficient (Wildman–Crippen LogP) is 2.54. The molecule has 1 aromatic carbocycles. The lowest BCUT2D eigenvalue weighted by Gasteiger charge is -2.34. The van der Waals surface area contributed by atoms with Crippen LogP contribution in [-0.4, -0.2) is 66.2 Å². The molecule has 26 heavy (non-hydrogen) atoms. The summed E-state index contributed by atoms with van der Waals surface area (Å²) < 4.78 is 5.62. The standard InChI is InChI=1S/C21H32N2O3/c24-19(17-26-20-8-4-3-5-9-20)16-22-14-10-18(11-15-22)21(25)23-12-6-1-2-7-13-23/h3-5,8-9,18-19,24H,1-2,6-7,10-17H2. The van der Waals surface area contributed by atoms with E-state index in [1.165, 1.54) is 12.8 Å². The largest absolute Gasteiger partial charge is 0.491 e. The van der Waals surface area contributed by atoms with Crippen LogP contribution in [0.5, 0.6) is 5.75 Å². The molecule has 2 heterocycles. The van der Waals surface area contributed by atoms with Crippen LogP contribution in [-0.2, 0) is 4.79 Å². The summed E-state index contributed by atoms with van der Waals surface area (Å²) in [6.07, 6.45) is 6.11. The van der Waals surface area contributed by atoms with E-state index < -0.39 is 6.10 Å². The molecule has 0 aliphatic carbocycles. The van der Waals surface area contributed by atoms with Gasteiger partial charge in [0.2, 0.25) is 5.91 Å². The summed E-state index contributed by atoms with van der Waals surface area (Å²) in [5.41, 5.74) is 0. The first-order chi connectivity index (χ1) is 12.7. The Morgan fingerprint density at radius 3 is 2.35 bits per heavy atom. The molecule has 2 aliphatic heterocycles. The Kier molecular flexibility index (Phi) is 7.32. The number of benzene rings is 1. The monoisotopic (exact) mass is 360 g/mol. The fourth-order valence-electron chi connectivity index (χ4n) is 3.97. The van der Waals surface area contributed by atoms with Crippen LogP contribution in [0.15, 0.2) is 30.3 Å². The topological polar surface area (TPSA) is 53.0 Å². The number of likely N-dealkylation sites (tertiary alicyclic amines) is 2. The number of para-hydroxylation sites is 1. The summed E-state index contributed by atoms with van der Waals surface area (Å²) in [6, 6.07) is 9.58. The third-order valence-corrected chi connectivity index (χ3v) is 5.51. The fourth-order valence-corrected chi connectivity index (χ4v) is 3.97. The van der Waals surface area contributed by atoms with E-state index in [9.17, 15) is 9.90 Å². The highest BCUT2D eigenvalue weighted by atomic mass is 16.5. The Bertz CT molecular complexity index is 535. The molecule has 5 nitrogen and oxygen atoms in total. The maximum Gasteiger partial charge on any atom is 0.225 e. The van der Waals surface area contributed by atoms with Gasteiger partial charge in [-0.2, -0.15) is 0 Å². The SMILES string of the molecule is O=C(C1CCN(CC(O)COc2ccccc2)CC1)N1CCCCCC1. The van der Waals surface area contributed by atoms with Crippen LogP contribution in [0.4, 0.5) is 0 Å². The quantitative estimate of drug-likeness (QED) is 0.847. The number of aliphatic hydroxyl groups excluding tert-OH is 1. The molecule has 0 radical (unpaired) electrons. The molecule has 144 valence electrons. The summed E-state index contributed by atoms with van der Waals surface area (Å²) in [5.74, 6) is 1.31. The summed E-state index contributed by atoms with van der Waals surface area (Å²) in [6.45, 7) is 4.55. The minimum Gasteiger partial charge on any atom is -0.491 e. The number of hydrogen-bond acceptors (Lipinski definition) is 4. The van der Waals surface area contributed by atoms with Crippen LogP contribution in [0.3, 0.4) is 0 Å². The Morgan fingerprint density at radius 2 is 1.69 bits per heavy atom. The van der Waals surface area contributed by atoms with Gasteiger partial charge in [-0.15, -0.1) is 0 Å². The molecule has 1 atom stereocenters. The number of ether oxygens (including phenoxy) is 1. The van der Waals surface area contributed by atoms with Gasteiger partial charge in [-0.1, -0.05) is 31.0 Å². The number of hydrogen-bond donors (Lipinski definition) is 1. The van der Waals surface area contributed by atoms with Crippen molar-refractivity contribution in [1.82, 2.24) is 9.80 Å². The number of piperidine rings is 1. The van der Waals surface area contributed by atoms with E-state index in [0.717, 1.165) is 57.6 Å². The highest BCUT2D eigenvalue weighted by molar-refractivity contribution is 5.79. The van der Waals surface area contributed by atoms with Crippen LogP contribution in [0.2, 0.25) is 0 Å². The first kappa shape index (κ1) is 19.2. The van der Waals surface area contributed by atoms with E-state index in [-0.39, 0.29) is 5.92 Å². The van der Waals surface area contributed by atoms with Gasteiger partial charge in [-0.05, 0) is 50.9 Å². The zero-order valence-electron chi connectivity index (χ0n) is 15.7. The zero-order chi connectivity index (χ0) is 18.2. The van der Waals surface area contributed by atoms with Gasteiger partial charge in [0.05, 0.1) is 0 Å². The Hall–Kier alpha value is -1.59. The van der Waals surface area contributed by atoms with Crippen molar-refractivity contribution in [2.75, 3.05) is 39.3 Å². The second-order valence-electron chi connectivity index (χ2n) is 7.59. The van der Waals surface area contributed by atoms with Gasteiger partial charge >= 0.3 is 0 Å². The molecule has 0 aromatic heterocycles. The van der Waals surface area contributed by atoms with Gasteiger partial charge in [0.1, 0.15) is 18.5 Å². The lowest BCUT2D eigenvalue weighted by Crippen LogP contribution is -2.45. The van der Waals surface area contributed by atoms with E-state index in [2.05, 4.69) is 9.80 Å². The molecule has 2 fully saturated rings. The zero-order valence-corrected chi connectivity index (χ0v) is 15.7. The number of β-amino-alcohol motifs (C(OH)–C–C–N with tert-alkyl or cyclic N) is 1. The molecule has 1 unspecified atom stereocenters. The van der Waals surface area contributed by atoms with Gasteiger partial charge < -0.3 is 19.6 Å². The predicted molar refractivity (Wildman–Crippen MR) is 102 cm³/mol. The maximum atomic E-state index is 12.7. The van der Waals surface area contributed by atoms with Crippen LogP contribution in [0.25, 0.3) is 0 Å². The van der Waals surface area contributed by atoms with Crippen molar-refractivity contribution >= 4 is 5.91 Å². The fraction of sp³-hybridized carbons (Fsp3) is 0.667. The third-order valence-electron chi connectivity index (χ3n) is 5.51. The van der Waals surface area contributed by atoms with Crippen LogP contribution in [0.1, 0.15) is 38.5 Å². The molecular formula is C21H32N2O3. The van der Waals surface area contributed by atoms with Gasteiger partial charge in [0, 0.05) is 25.6 Å². The molecule has 1 amide bonds.